The van der Waals surface area contributed by atoms with Crippen LogP contribution in [0, 0.1) is 34.6 Å². The van der Waals surface area contributed by atoms with Gasteiger partial charge in [-0.05, 0) is 92.1 Å². The molecule has 4 heteroatoms. The summed E-state index contributed by atoms with van der Waals surface area (Å²) in [5.41, 5.74) is 34.5. The van der Waals surface area contributed by atoms with E-state index in [0.29, 0.717) is 0 Å². The maximum atomic E-state index is 5.81. The van der Waals surface area contributed by atoms with E-state index in [4.69, 9.17) is 22.9 Å². The Bertz CT molecular complexity index is 915. The van der Waals surface area contributed by atoms with Crippen LogP contribution in [-0.2, 0) is 6.42 Å². The van der Waals surface area contributed by atoms with Gasteiger partial charge in [0.1, 0.15) is 0 Å². The Morgan fingerprint density at radius 3 is 1.29 bits per heavy atom. The van der Waals surface area contributed by atoms with Gasteiger partial charge in [0.25, 0.3) is 0 Å². The van der Waals surface area contributed by atoms with Gasteiger partial charge < -0.3 is 22.9 Å². The molecule has 0 atom stereocenters. The van der Waals surface area contributed by atoms with Crippen molar-refractivity contribution in [2.24, 2.45) is 0 Å². The van der Waals surface area contributed by atoms with Crippen LogP contribution in [0.4, 0.5) is 22.7 Å². The number of nitrogens with two attached hydrogens (primary N) is 4. The molecule has 0 saturated carbocycles. The molecule has 0 unspecified atom stereocenters. The van der Waals surface area contributed by atoms with E-state index in [0.717, 1.165) is 57.0 Å². The summed E-state index contributed by atoms with van der Waals surface area (Å²) in [6.07, 6.45) is 0.919. The zero-order valence-electron chi connectivity index (χ0n) is 17.6. The van der Waals surface area contributed by atoms with Gasteiger partial charge in [-0.25, -0.2) is 0 Å². The van der Waals surface area contributed by atoms with Crippen LogP contribution in [0.25, 0.3) is 0 Å². The summed E-state index contributed by atoms with van der Waals surface area (Å²) in [5, 5.41) is 0. The van der Waals surface area contributed by atoms with E-state index < -0.39 is 0 Å². The minimum Gasteiger partial charge on any atom is -0.399 e. The lowest BCUT2D eigenvalue weighted by Gasteiger charge is -2.09. The summed E-state index contributed by atoms with van der Waals surface area (Å²) in [6.45, 7) is 10.0. The monoisotopic (exact) mass is 376 g/mol. The molecule has 0 aromatic heterocycles. The van der Waals surface area contributed by atoms with Crippen LogP contribution in [0.15, 0.2) is 42.5 Å². The average molecular weight is 377 g/mol. The predicted octanol–water partition coefficient (Wildman–Crippen LogP) is 4.83. The van der Waals surface area contributed by atoms with Crippen molar-refractivity contribution in [2.45, 2.75) is 41.0 Å². The molecule has 0 aliphatic heterocycles. The molecule has 3 rings (SSSR count). The van der Waals surface area contributed by atoms with Gasteiger partial charge >= 0.3 is 0 Å². The second-order valence-electron chi connectivity index (χ2n) is 7.52. The average Bonchev–Trinajstić information content (AvgIpc) is 2.65. The molecular formula is C24H32N4. The van der Waals surface area contributed by atoms with Crippen molar-refractivity contribution >= 4 is 22.7 Å². The molecular weight excluding hydrogens is 344 g/mol. The first kappa shape index (κ1) is 21.2. The molecule has 0 amide bonds. The third-order valence-corrected chi connectivity index (χ3v) is 5.17. The minimum absolute atomic E-state index is 0.813. The fourth-order valence-corrected chi connectivity index (χ4v) is 3.15. The Balaban J connectivity index is 0.000000221. The normalized spacial score (nSPS) is 10.3. The van der Waals surface area contributed by atoms with E-state index in [1.165, 1.54) is 11.1 Å². The lowest BCUT2D eigenvalue weighted by atomic mass is 10.0. The third-order valence-electron chi connectivity index (χ3n) is 5.17. The molecule has 0 bridgehead atoms. The van der Waals surface area contributed by atoms with E-state index >= 15 is 0 Å². The van der Waals surface area contributed by atoms with Gasteiger partial charge in [0.05, 0.1) is 0 Å². The Morgan fingerprint density at radius 2 is 0.929 bits per heavy atom. The van der Waals surface area contributed by atoms with Gasteiger partial charge in [0.15, 0.2) is 0 Å². The van der Waals surface area contributed by atoms with Crippen molar-refractivity contribution in [3.8, 4) is 0 Å². The first-order valence-electron chi connectivity index (χ1n) is 9.42. The van der Waals surface area contributed by atoms with Crippen molar-refractivity contribution in [1.29, 1.82) is 0 Å². The quantitative estimate of drug-likeness (QED) is 0.481. The van der Waals surface area contributed by atoms with Crippen molar-refractivity contribution < 1.29 is 0 Å². The van der Waals surface area contributed by atoms with Crippen molar-refractivity contribution in [1.82, 2.24) is 0 Å². The fourth-order valence-electron chi connectivity index (χ4n) is 3.15. The minimum atomic E-state index is 0.813. The highest BCUT2D eigenvalue weighted by atomic mass is 14.6. The second-order valence-corrected chi connectivity index (χ2v) is 7.52. The lowest BCUT2D eigenvalue weighted by molar-refractivity contribution is 1.17. The first-order valence-corrected chi connectivity index (χ1v) is 9.42. The van der Waals surface area contributed by atoms with Gasteiger partial charge in [-0.2, -0.15) is 0 Å². The van der Waals surface area contributed by atoms with E-state index in [-0.39, 0.29) is 0 Å². The maximum absolute atomic E-state index is 5.81. The molecule has 0 saturated heterocycles. The number of nitrogen functional groups attached to an aromatic ring is 4. The van der Waals surface area contributed by atoms with Crippen molar-refractivity contribution in [3.63, 3.8) is 0 Å². The molecule has 0 radical (unpaired) electrons. The van der Waals surface area contributed by atoms with Gasteiger partial charge in [-0.3, -0.25) is 0 Å². The largest absolute Gasteiger partial charge is 0.399 e. The van der Waals surface area contributed by atoms with E-state index in [1.54, 1.807) is 0 Å². The topological polar surface area (TPSA) is 104 Å². The summed E-state index contributed by atoms with van der Waals surface area (Å²) in [6, 6.07) is 14.4. The molecule has 28 heavy (non-hydrogen) atoms. The van der Waals surface area contributed by atoms with E-state index in [2.05, 4.69) is 24.3 Å². The van der Waals surface area contributed by atoms with Gasteiger partial charge in [-0.15, -0.1) is 0 Å². The first-order chi connectivity index (χ1) is 13.1. The number of hydrogen-bond donors (Lipinski definition) is 4. The second kappa shape index (κ2) is 8.70. The Kier molecular flexibility index (Phi) is 6.57. The van der Waals surface area contributed by atoms with Crippen LogP contribution in [0.1, 0.15) is 38.9 Å². The summed E-state index contributed by atoms with van der Waals surface area (Å²) in [4.78, 5) is 0. The van der Waals surface area contributed by atoms with Gasteiger partial charge in [0.2, 0.25) is 0 Å². The molecule has 8 N–H and O–H groups in total. The van der Waals surface area contributed by atoms with E-state index in [9.17, 15) is 0 Å². The smallest absolute Gasteiger partial charge is 0.0394 e. The van der Waals surface area contributed by atoms with Crippen molar-refractivity contribution in [2.75, 3.05) is 22.9 Å². The van der Waals surface area contributed by atoms with Crippen molar-refractivity contribution in [3.05, 3.63) is 81.4 Å². The number of aryl methyl sites for hydroxylation is 4. The molecule has 4 nitrogen and oxygen atoms in total. The van der Waals surface area contributed by atoms with Crippen LogP contribution >= 0.6 is 0 Å². The van der Waals surface area contributed by atoms with E-state index in [1.807, 2.05) is 52.8 Å². The number of anilines is 4. The lowest BCUT2D eigenvalue weighted by Crippen LogP contribution is -2.00. The molecule has 148 valence electrons. The van der Waals surface area contributed by atoms with Crippen LogP contribution in [-0.4, -0.2) is 0 Å². The molecule has 0 aliphatic carbocycles. The number of benzene rings is 3. The molecule has 0 spiro atoms. The standard InChI is InChI=1S/C15H18N2.C9H14N2/c1-10-7-12(3-5-14(10)16)9-13-4-6-15(17)11(2)8-13;1-5-4-6(2)9(11)7(3)8(5)10/h3-8H,9,16-17H2,1-2H3;4H,10-11H2,1-3H3. The zero-order valence-corrected chi connectivity index (χ0v) is 17.6. The molecule has 0 fully saturated rings. The fraction of sp³-hybridized carbons (Fsp3) is 0.250. The summed E-state index contributed by atoms with van der Waals surface area (Å²) in [5.74, 6) is 0. The number of rotatable bonds is 2. The molecule has 3 aromatic carbocycles. The molecule has 0 heterocycles. The third kappa shape index (κ3) is 4.97. The SMILES string of the molecule is Cc1cc(C)c(N)c(C)c1N.Cc1cc(Cc2ccc(N)c(C)c2)ccc1N. The van der Waals surface area contributed by atoms with Crippen LogP contribution in [0.3, 0.4) is 0 Å². The number of hydrogen-bond acceptors (Lipinski definition) is 4. The predicted molar refractivity (Wildman–Crippen MR) is 123 cm³/mol. The Hall–Kier alpha value is -3.14. The summed E-state index contributed by atoms with van der Waals surface area (Å²) in [7, 11) is 0. The van der Waals surface area contributed by atoms with Crippen LogP contribution in [0.2, 0.25) is 0 Å². The van der Waals surface area contributed by atoms with Crippen LogP contribution in [0.5, 0.6) is 0 Å². The highest BCUT2D eigenvalue weighted by molar-refractivity contribution is 5.67. The zero-order chi connectivity index (χ0) is 21.0. The molecule has 0 aliphatic rings. The van der Waals surface area contributed by atoms with Gasteiger partial charge in [0, 0.05) is 22.7 Å². The summed E-state index contributed by atoms with van der Waals surface area (Å²) < 4.78 is 0. The molecule has 3 aromatic rings. The maximum Gasteiger partial charge on any atom is 0.0394 e. The van der Waals surface area contributed by atoms with Gasteiger partial charge in [-0.1, -0.05) is 30.3 Å². The summed E-state index contributed by atoms with van der Waals surface area (Å²) >= 11 is 0. The Morgan fingerprint density at radius 1 is 0.536 bits per heavy atom. The van der Waals surface area contributed by atoms with Crippen LogP contribution < -0.4 is 22.9 Å². The highest BCUT2D eigenvalue weighted by Gasteiger charge is 2.04. The Labute approximate surface area is 168 Å². The highest BCUT2D eigenvalue weighted by Crippen LogP contribution is 2.25.